The van der Waals surface area contributed by atoms with Gasteiger partial charge in [0.1, 0.15) is 5.82 Å². The van der Waals surface area contributed by atoms with Gasteiger partial charge in [0.25, 0.3) is 0 Å². The molecule has 0 radical (unpaired) electrons. The number of aromatic nitrogens is 1. The van der Waals surface area contributed by atoms with Crippen LogP contribution in [0, 0.1) is 6.92 Å². The number of aryl methyl sites for hydroxylation is 1. The number of hydrogen-bond acceptors (Lipinski definition) is 3. The lowest BCUT2D eigenvalue weighted by atomic mass is 10.0. The molecule has 0 aliphatic rings. The van der Waals surface area contributed by atoms with Crippen molar-refractivity contribution in [3.05, 3.63) is 75.8 Å². The zero-order valence-corrected chi connectivity index (χ0v) is 16.0. The number of hydrogen-bond donors (Lipinski definition) is 2. The maximum Gasteiger partial charge on any atom is 0.325 e. The van der Waals surface area contributed by atoms with E-state index in [-0.39, 0.29) is 28.2 Å². The first-order chi connectivity index (χ1) is 12.9. The van der Waals surface area contributed by atoms with Gasteiger partial charge in [-0.15, -0.1) is 0 Å². The molecule has 0 fully saturated rings. The molecule has 1 aromatic heterocycles. The van der Waals surface area contributed by atoms with Crippen LogP contribution >= 0.6 is 23.2 Å². The van der Waals surface area contributed by atoms with Crippen molar-refractivity contribution in [2.45, 2.75) is 13.5 Å². The maximum atomic E-state index is 12.2. The molecule has 0 bridgehead atoms. The summed E-state index contributed by atoms with van der Waals surface area (Å²) in [6, 6.07) is 15.1. The number of carbonyl (C=O) groups excluding carboxylic acids is 1. The number of pyridine rings is 1. The Morgan fingerprint density at radius 1 is 1.07 bits per heavy atom. The maximum absolute atomic E-state index is 12.2. The fourth-order valence-electron chi connectivity index (χ4n) is 2.84. The molecular formula is C20H17Cl2N3O2. The predicted molar refractivity (Wildman–Crippen MR) is 109 cm³/mol. The Labute approximate surface area is 167 Å². The lowest BCUT2D eigenvalue weighted by molar-refractivity contribution is 0.256. The number of carbonyl (C=O) groups is 1. The molecule has 2 aromatic carbocycles. The predicted octanol–water partition coefficient (Wildman–Crippen LogP) is 5.07. The van der Waals surface area contributed by atoms with Crippen LogP contribution in [-0.4, -0.2) is 16.1 Å². The summed E-state index contributed by atoms with van der Waals surface area (Å²) in [5.74, 6) is 0.257. The number of amides is 2. The van der Waals surface area contributed by atoms with Gasteiger partial charge in [-0.2, -0.15) is 0 Å². The summed E-state index contributed by atoms with van der Waals surface area (Å²) in [5.41, 5.74) is 8.88. The van der Waals surface area contributed by atoms with E-state index < -0.39 is 6.03 Å². The number of halogens is 2. The highest BCUT2D eigenvalue weighted by Gasteiger charge is 2.23. The fraction of sp³-hybridized carbons (Fsp3) is 0.100. The van der Waals surface area contributed by atoms with Crippen LogP contribution in [0.3, 0.4) is 0 Å². The van der Waals surface area contributed by atoms with Crippen molar-refractivity contribution in [2.75, 3.05) is 4.90 Å². The van der Waals surface area contributed by atoms with Gasteiger partial charge >= 0.3 is 6.03 Å². The van der Waals surface area contributed by atoms with Crippen LogP contribution in [-0.2, 0) is 6.61 Å². The molecule has 27 heavy (non-hydrogen) atoms. The average molecular weight is 402 g/mol. The average Bonchev–Trinajstić information content (AvgIpc) is 2.64. The Bertz CT molecular complexity index is 988. The molecule has 0 spiro atoms. The van der Waals surface area contributed by atoms with E-state index in [0.717, 1.165) is 16.0 Å². The first-order valence-corrected chi connectivity index (χ1v) is 8.90. The number of aliphatic hydroxyl groups is 1. The first kappa shape index (κ1) is 19.2. The molecule has 3 aromatic rings. The molecule has 7 heteroatoms. The second kappa shape index (κ2) is 7.96. The lowest BCUT2D eigenvalue weighted by Crippen LogP contribution is -2.32. The minimum absolute atomic E-state index is 0.194. The Morgan fingerprint density at radius 2 is 1.74 bits per heavy atom. The number of nitrogens with zero attached hydrogens (tertiary/aromatic N) is 2. The van der Waals surface area contributed by atoms with Gasteiger partial charge in [0.2, 0.25) is 0 Å². The molecule has 3 N–H and O–H groups in total. The number of aliphatic hydroxyl groups excluding tert-OH is 1. The summed E-state index contributed by atoms with van der Waals surface area (Å²) < 4.78 is 0. The van der Waals surface area contributed by atoms with Crippen LogP contribution in [0.1, 0.15) is 11.1 Å². The lowest BCUT2D eigenvalue weighted by Gasteiger charge is -2.23. The van der Waals surface area contributed by atoms with Crippen molar-refractivity contribution in [1.82, 2.24) is 4.98 Å². The molecular weight excluding hydrogens is 385 g/mol. The Morgan fingerprint density at radius 3 is 2.33 bits per heavy atom. The number of primary amides is 1. The summed E-state index contributed by atoms with van der Waals surface area (Å²) in [5, 5.41) is 10.3. The van der Waals surface area contributed by atoms with Crippen molar-refractivity contribution in [1.29, 1.82) is 0 Å². The molecule has 0 aliphatic carbocycles. The smallest absolute Gasteiger partial charge is 0.325 e. The third kappa shape index (κ3) is 3.76. The quantitative estimate of drug-likeness (QED) is 0.639. The minimum atomic E-state index is -0.773. The Kier molecular flexibility index (Phi) is 5.65. The van der Waals surface area contributed by atoms with E-state index in [9.17, 15) is 9.90 Å². The van der Waals surface area contributed by atoms with Gasteiger partial charge in [0, 0.05) is 11.1 Å². The second-order valence-electron chi connectivity index (χ2n) is 5.89. The van der Waals surface area contributed by atoms with Crippen molar-refractivity contribution >= 4 is 40.7 Å². The van der Waals surface area contributed by atoms with Crippen molar-refractivity contribution in [2.24, 2.45) is 5.73 Å². The zero-order chi connectivity index (χ0) is 19.6. The third-order valence-electron chi connectivity index (χ3n) is 4.15. The van der Waals surface area contributed by atoms with Gasteiger partial charge in [0.05, 0.1) is 28.0 Å². The van der Waals surface area contributed by atoms with Crippen LogP contribution < -0.4 is 10.6 Å². The second-order valence-corrected chi connectivity index (χ2v) is 6.71. The zero-order valence-electron chi connectivity index (χ0n) is 14.5. The number of rotatable bonds is 4. The van der Waals surface area contributed by atoms with Crippen molar-refractivity contribution < 1.29 is 9.90 Å². The highest BCUT2D eigenvalue weighted by molar-refractivity contribution is 6.40. The summed E-state index contributed by atoms with van der Waals surface area (Å²) in [6.07, 6.45) is 0. The van der Waals surface area contributed by atoms with Crippen LogP contribution in [0.5, 0.6) is 0 Å². The summed E-state index contributed by atoms with van der Waals surface area (Å²) >= 11 is 12.5. The van der Waals surface area contributed by atoms with Gasteiger partial charge in [-0.25, -0.2) is 14.7 Å². The van der Waals surface area contributed by atoms with E-state index in [1.54, 1.807) is 30.3 Å². The molecule has 0 saturated carbocycles. The molecule has 1 heterocycles. The molecule has 0 saturated heterocycles. The molecule has 0 atom stereocenters. The highest BCUT2D eigenvalue weighted by Crippen LogP contribution is 2.38. The summed E-state index contributed by atoms with van der Waals surface area (Å²) in [4.78, 5) is 18.0. The SMILES string of the molecule is Cc1ccccc1-c1nc(N(C(N)=O)c2c(Cl)cccc2Cl)ccc1CO. The van der Waals surface area contributed by atoms with Crippen LogP contribution in [0.2, 0.25) is 10.0 Å². The summed E-state index contributed by atoms with van der Waals surface area (Å²) in [6.45, 7) is 1.75. The molecule has 5 nitrogen and oxygen atoms in total. The largest absolute Gasteiger partial charge is 0.392 e. The van der Waals surface area contributed by atoms with Crippen LogP contribution in [0.15, 0.2) is 54.6 Å². The van der Waals surface area contributed by atoms with Gasteiger partial charge < -0.3 is 10.8 Å². The number of benzene rings is 2. The van der Waals surface area contributed by atoms with Crippen molar-refractivity contribution in [3.8, 4) is 11.3 Å². The number of para-hydroxylation sites is 1. The van der Waals surface area contributed by atoms with E-state index in [1.165, 1.54) is 0 Å². The molecule has 0 aliphatic heterocycles. The third-order valence-corrected chi connectivity index (χ3v) is 4.76. The fourth-order valence-corrected chi connectivity index (χ4v) is 3.41. The van der Waals surface area contributed by atoms with E-state index in [0.29, 0.717) is 11.3 Å². The highest BCUT2D eigenvalue weighted by atomic mass is 35.5. The van der Waals surface area contributed by atoms with Gasteiger partial charge in [-0.05, 0) is 30.7 Å². The molecule has 138 valence electrons. The molecule has 3 rings (SSSR count). The summed E-state index contributed by atoms with van der Waals surface area (Å²) in [7, 11) is 0. The topological polar surface area (TPSA) is 79.5 Å². The van der Waals surface area contributed by atoms with Gasteiger partial charge in [-0.1, -0.05) is 59.6 Å². The monoisotopic (exact) mass is 401 g/mol. The van der Waals surface area contributed by atoms with Crippen LogP contribution in [0.25, 0.3) is 11.3 Å². The molecule has 2 amide bonds. The molecule has 0 unspecified atom stereocenters. The van der Waals surface area contributed by atoms with E-state index in [1.807, 2.05) is 31.2 Å². The Balaban J connectivity index is 2.23. The van der Waals surface area contributed by atoms with E-state index >= 15 is 0 Å². The standard InChI is InChI=1S/C20H17Cl2N3O2/c1-12-5-2-3-6-14(12)18-13(11-26)9-10-17(24-18)25(20(23)27)19-15(21)7-4-8-16(19)22/h2-10,26H,11H2,1H3,(H2,23,27). The minimum Gasteiger partial charge on any atom is -0.392 e. The van der Waals surface area contributed by atoms with Gasteiger partial charge in [0.15, 0.2) is 0 Å². The van der Waals surface area contributed by atoms with E-state index in [4.69, 9.17) is 28.9 Å². The first-order valence-electron chi connectivity index (χ1n) is 8.14. The number of anilines is 2. The van der Waals surface area contributed by atoms with Crippen LogP contribution in [0.4, 0.5) is 16.3 Å². The number of nitrogens with two attached hydrogens (primary N) is 1. The number of urea groups is 1. The Hall–Kier alpha value is -2.60. The normalized spacial score (nSPS) is 10.7. The van der Waals surface area contributed by atoms with Gasteiger partial charge in [-0.3, -0.25) is 0 Å². The van der Waals surface area contributed by atoms with Crippen molar-refractivity contribution in [3.63, 3.8) is 0 Å². The van der Waals surface area contributed by atoms with E-state index in [2.05, 4.69) is 4.98 Å².